The molecule has 0 aliphatic heterocycles. The number of benzene rings is 2. The minimum atomic E-state index is -0.361. The molecule has 0 unspecified atom stereocenters. The number of rotatable bonds is 6. The van der Waals surface area contributed by atoms with E-state index in [1.165, 1.54) is 6.08 Å². The highest BCUT2D eigenvalue weighted by molar-refractivity contribution is 5.95. The minimum Gasteiger partial charge on any atom is -0.463 e. The van der Waals surface area contributed by atoms with Crippen LogP contribution in [0.15, 0.2) is 54.6 Å². The molecule has 0 bridgehead atoms. The number of esters is 1. The fourth-order valence-electron chi connectivity index (χ4n) is 2.94. The Morgan fingerprint density at radius 3 is 2.48 bits per heavy atom. The zero-order chi connectivity index (χ0) is 21.0. The predicted molar refractivity (Wildman–Crippen MR) is 114 cm³/mol. The Morgan fingerprint density at radius 1 is 1.14 bits per heavy atom. The Hall–Kier alpha value is -3.67. The molecule has 3 rings (SSSR count). The standard InChI is InChI=1S/C23H23N3O3/c1-4-28-22(27)12-14(2)17-7-10-19-15(3)11-21(26-20(19)13-17)29-18-8-5-16(6-9-18)23(24)25/h5-13H,4H2,1-3H3,(H3,24,25)/b14-12+. The third kappa shape index (κ3) is 4.79. The maximum atomic E-state index is 11.7. The number of hydrogen-bond donors (Lipinski definition) is 2. The molecule has 29 heavy (non-hydrogen) atoms. The van der Waals surface area contributed by atoms with E-state index in [2.05, 4.69) is 4.98 Å². The van der Waals surface area contributed by atoms with Crippen molar-refractivity contribution >= 4 is 28.3 Å². The van der Waals surface area contributed by atoms with Crippen LogP contribution >= 0.6 is 0 Å². The SMILES string of the molecule is CCOC(=O)/C=C(\C)c1ccc2c(C)cc(Oc3ccc(C(=N)N)cc3)nc2c1. The number of carbonyl (C=O) groups is 1. The van der Waals surface area contributed by atoms with Crippen LogP contribution in [-0.4, -0.2) is 23.4 Å². The number of ether oxygens (including phenoxy) is 2. The minimum absolute atomic E-state index is 0.00926. The lowest BCUT2D eigenvalue weighted by atomic mass is 10.0. The molecule has 0 radical (unpaired) electrons. The zero-order valence-electron chi connectivity index (χ0n) is 16.7. The topological polar surface area (TPSA) is 98.3 Å². The van der Waals surface area contributed by atoms with Gasteiger partial charge in [-0.05, 0) is 67.8 Å². The number of pyridine rings is 1. The molecule has 0 saturated heterocycles. The summed E-state index contributed by atoms with van der Waals surface area (Å²) in [4.78, 5) is 16.3. The predicted octanol–water partition coefficient (Wildman–Crippen LogP) is 4.59. The fourth-order valence-corrected chi connectivity index (χ4v) is 2.94. The number of fused-ring (bicyclic) bond motifs is 1. The van der Waals surface area contributed by atoms with Gasteiger partial charge < -0.3 is 15.2 Å². The van der Waals surface area contributed by atoms with Crippen LogP contribution in [0.4, 0.5) is 0 Å². The zero-order valence-corrected chi connectivity index (χ0v) is 16.7. The highest BCUT2D eigenvalue weighted by Gasteiger charge is 2.08. The van der Waals surface area contributed by atoms with Gasteiger partial charge in [-0.15, -0.1) is 0 Å². The van der Waals surface area contributed by atoms with Gasteiger partial charge in [0.25, 0.3) is 0 Å². The highest BCUT2D eigenvalue weighted by Crippen LogP contribution is 2.28. The van der Waals surface area contributed by atoms with Crippen LogP contribution in [-0.2, 0) is 9.53 Å². The van der Waals surface area contributed by atoms with Crippen molar-refractivity contribution in [3.8, 4) is 11.6 Å². The Kier molecular flexibility index (Phi) is 5.93. The van der Waals surface area contributed by atoms with Gasteiger partial charge in [0.15, 0.2) is 0 Å². The third-order valence-electron chi connectivity index (χ3n) is 4.46. The lowest BCUT2D eigenvalue weighted by molar-refractivity contribution is -0.137. The second-order valence-corrected chi connectivity index (χ2v) is 6.63. The molecule has 3 N–H and O–H groups in total. The van der Waals surface area contributed by atoms with Crippen molar-refractivity contribution in [2.75, 3.05) is 6.61 Å². The van der Waals surface area contributed by atoms with Crippen LogP contribution in [0, 0.1) is 12.3 Å². The molecule has 148 valence electrons. The fraction of sp³-hybridized carbons (Fsp3) is 0.174. The number of amidine groups is 1. The summed E-state index contributed by atoms with van der Waals surface area (Å²) in [5.41, 5.74) is 9.61. The van der Waals surface area contributed by atoms with E-state index in [1.807, 2.05) is 38.1 Å². The van der Waals surface area contributed by atoms with E-state index in [0.29, 0.717) is 23.8 Å². The number of aromatic nitrogens is 1. The summed E-state index contributed by atoms with van der Waals surface area (Å²) in [5.74, 6) is 0.723. The van der Waals surface area contributed by atoms with Gasteiger partial charge in [0.1, 0.15) is 11.6 Å². The van der Waals surface area contributed by atoms with E-state index >= 15 is 0 Å². The van der Waals surface area contributed by atoms with Gasteiger partial charge in [0.05, 0.1) is 12.1 Å². The second-order valence-electron chi connectivity index (χ2n) is 6.63. The monoisotopic (exact) mass is 389 g/mol. The smallest absolute Gasteiger partial charge is 0.331 e. The van der Waals surface area contributed by atoms with Gasteiger partial charge in [0, 0.05) is 23.1 Å². The Bertz CT molecular complexity index is 1100. The lowest BCUT2D eigenvalue weighted by Crippen LogP contribution is -2.10. The normalized spacial score (nSPS) is 11.3. The van der Waals surface area contributed by atoms with Crippen LogP contribution < -0.4 is 10.5 Å². The molecule has 0 aliphatic carbocycles. The molecule has 0 atom stereocenters. The number of nitrogens with one attached hydrogen (secondary N) is 1. The summed E-state index contributed by atoms with van der Waals surface area (Å²) in [6.45, 7) is 5.98. The van der Waals surface area contributed by atoms with Gasteiger partial charge in [0.2, 0.25) is 5.88 Å². The quantitative estimate of drug-likeness (QED) is 0.278. The molecule has 0 amide bonds. The van der Waals surface area contributed by atoms with Crippen molar-refractivity contribution in [2.24, 2.45) is 5.73 Å². The van der Waals surface area contributed by atoms with Gasteiger partial charge in [-0.25, -0.2) is 9.78 Å². The van der Waals surface area contributed by atoms with E-state index in [4.69, 9.17) is 20.6 Å². The van der Waals surface area contributed by atoms with Crippen molar-refractivity contribution in [1.29, 1.82) is 5.41 Å². The molecule has 2 aromatic carbocycles. The van der Waals surface area contributed by atoms with Crippen molar-refractivity contribution in [3.63, 3.8) is 0 Å². The maximum Gasteiger partial charge on any atom is 0.331 e. The molecule has 6 heteroatoms. The number of nitrogen functional groups attached to an aromatic ring is 1. The first-order chi connectivity index (χ1) is 13.9. The molecular formula is C23H23N3O3. The van der Waals surface area contributed by atoms with Crippen LogP contribution in [0.3, 0.4) is 0 Å². The van der Waals surface area contributed by atoms with Crippen LogP contribution in [0.2, 0.25) is 0 Å². The molecule has 0 saturated carbocycles. The van der Waals surface area contributed by atoms with Crippen molar-refractivity contribution < 1.29 is 14.3 Å². The molecule has 1 heterocycles. The number of nitrogens with zero attached hydrogens (tertiary/aromatic N) is 1. The molecular weight excluding hydrogens is 366 g/mol. The van der Waals surface area contributed by atoms with Gasteiger partial charge in [-0.2, -0.15) is 0 Å². The first kappa shape index (κ1) is 20.1. The van der Waals surface area contributed by atoms with Crippen molar-refractivity contribution in [3.05, 3.63) is 71.3 Å². The maximum absolute atomic E-state index is 11.7. The van der Waals surface area contributed by atoms with Crippen LogP contribution in [0.5, 0.6) is 11.6 Å². The van der Waals surface area contributed by atoms with E-state index < -0.39 is 0 Å². The molecule has 1 aromatic heterocycles. The van der Waals surface area contributed by atoms with Crippen molar-refractivity contribution in [2.45, 2.75) is 20.8 Å². The van der Waals surface area contributed by atoms with Gasteiger partial charge in [-0.1, -0.05) is 12.1 Å². The average Bonchev–Trinajstić information content (AvgIpc) is 2.68. The third-order valence-corrected chi connectivity index (χ3v) is 4.46. The first-order valence-corrected chi connectivity index (χ1v) is 9.26. The largest absolute Gasteiger partial charge is 0.463 e. The summed E-state index contributed by atoms with van der Waals surface area (Å²) >= 11 is 0. The Balaban J connectivity index is 1.92. The molecule has 0 aliphatic rings. The van der Waals surface area contributed by atoms with E-state index in [-0.39, 0.29) is 11.8 Å². The van der Waals surface area contributed by atoms with Gasteiger partial charge >= 0.3 is 5.97 Å². The average molecular weight is 389 g/mol. The molecule has 6 nitrogen and oxygen atoms in total. The van der Waals surface area contributed by atoms with Crippen LogP contribution in [0.1, 0.15) is 30.5 Å². The number of carbonyl (C=O) groups excluding carboxylic acids is 1. The second kappa shape index (κ2) is 8.56. The van der Waals surface area contributed by atoms with Crippen LogP contribution in [0.25, 0.3) is 16.5 Å². The Morgan fingerprint density at radius 2 is 1.83 bits per heavy atom. The summed E-state index contributed by atoms with van der Waals surface area (Å²) in [7, 11) is 0. The number of allylic oxidation sites excluding steroid dienone is 1. The molecule has 3 aromatic rings. The van der Waals surface area contributed by atoms with Crippen molar-refractivity contribution in [1.82, 2.24) is 4.98 Å². The summed E-state index contributed by atoms with van der Waals surface area (Å²) < 4.78 is 10.9. The van der Waals surface area contributed by atoms with E-state index in [9.17, 15) is 4.79 Å². The number of aryl methyl sites for hydroxylation is 1. The first-order valence-electron chi connectivity index (χ1n) is 9.26. The summed E-state index contributed by atoms with van der Waals surface area (Å²) in [6, 6.07) is 14.7. The van der Waals surface area contributed by atoms with Gasteiger partial charge in [-0.3, -0.25) is 5.41 Å². The summed E-state index contributed by atoms with van der Waals surface area (Å²) in [5, 5.41) is 8.47. The molecule has 0 spiro atoms. The van der Waals surface area contributed by atoms with E-state index in [1.54, 1.807) is 31.2 Å². The number of hydrogen-bond acceptors (Lipinski definition) is 5. The lowest BCUT2D eigenvalue weighted by Gasteiger charge is -2.10. The van der Waals surface area contributed by atoms with E-state index in [0.717, 1.165) is 27.6 Å². The number of nitrogens with two attached hydrogens (primary N) is 1. The summed E-state index contributed by atoms with van der Waals surface area (Å²) in [6.07, 6.45) is 1.48. The highest BCUT2D eigenvalue weighted by atomic mass is 16.5. The Labute approximate surface area is 169 Å². The molecule has 0 fully saturated rings.